The minimum Gasteiger partial charge on any atom is -0.486 e. The summed E-state index contributed by atoms with van der Waals surface area (Å²) in [7, 11) is 0. The molecule has 0 saturated carbocycles. The number of amides is 1. The number of carbonyl (C=O) groups excluding carboxylic acids is 1. The molecule has 1 amide bonds. The van der Waals surface area contributed by atoms with Crippen molar-refractivity contribution in [3.05, 3.63) is 45.9 Å². The molecule has 9 heteroatoms. The number of nitrogens with zero attached hydrogens (tertiary/aromatic N) is 2. The standard InChI is InChI=1S/C19H26N4O2S.2ClH/c1-15-2-4-17(5-3-15)25-13-19-22-16(14-26-19)12-18(24)21-8-11-23-9-6-20-7-10-23;;/h2-5,14,20H,6-13H2,1H3,(H,21,24);2*1H. The molecule has 2 N–H and O–H groups in total. The minimum absolute atomic E-state index is 0. The second-order valence-electron chi connectivity index (χ2n) is 6.45. The van der Waals surface area contributed by atoms with Crippen molar-refractivity contribution in [3.8, 4) is 5.75 Å². The molecule has 0 aliphatic carbocycles. The molecule has 0 atom stereocenters. The fourth-order valence-corrected chi connectivity index (χ4v) is 3.50. The van der Waals surface area contributed by atoms with Crippen LogP contribution < -0.4 is 15.4 Å². The number of aryl methyl sites for hydroxylation is 1. The number of aromatic nitrogens is 1. The highest BCUT2D eigenvalue weighted by atomic mass is 35.5. The molecule has 1 aromatic heterocycles. The monoisotopic (exact) mass is 446 g/mol. The first-order valence-electron chi connectivity index (χ1n) is 9.01. The van der Waals surface area contributed by atoms with Gasteiger partial charge in [0, 0.05) is 44.6 Å². The second-order valence-corrected chi connectivity index (χ2v) is 7.40. The third-order valence-corrected chi connectivity index (χ3v) is 5.16. The van der Waals surface area contributed by atoms with Crippen LogP contribution in [0.1, 0.15) is 16.3 Å². The normalized spacial score (nSPS) is 13.9. The van der Waals surface area contributed by atoms with Crippen molar-refractivity contribution in [1.29, 1.82) is 0 Å². The molecular weight excluding hydrogens is 419 g/mol. The van der Waals surface area contributed by atoms with Crippen LogP contribution in [-0.4, -0.2) is 55.1 Å². The van der Waals surface area contributed by atoms with Crippen LogP contribution >= 0.6 is 36.2 Å². The Morgan fingerprint density at radius 3 is 2.68 bits per heavy atom. The summed E-state index contributed by atoms with van der Waals surface area (Å²) in [5, 5.41) is 9.13. The topological polar surface area (TPSA) is 66.5 Å². The molecule has 2 aromatic rings. The number of nitrogens with one attached hydrogen (secondary N) is 2. The van der Waals surface area contributed by atoms with Gasteiger partial charge < -0.3 is 15.4 Å². The van der Waals surface area contributed by atoms with Crippen molar-refractivity contribution in [1.82, 2.24) is 20.5 Å². The molecule has 0 spiro atoms. The van der Waals surface area contributed by atoms with Crippen molar-refractivity contribution in [2.24, 2.45) is 0 Å². The number of carbonyl (C=O) groups is 1. The van der Waals surface area contributed by atoms with Crippen LogP contribution in [0, 0.1) is 6.92 Å². The van der Waals surface area contributed by atoms with Crippen LogP contribution in [0.4, 0.5) is 0 Å². The van der Waals surface area contributed by atoms with E-state index < -0.39 is 0 Å². The maximum Gasteiger partial charge on any atom is 0.226 e. The highest BCUT2D eigenvalue weighted by Gasteiger charge is 2.11. The van der Waals surface area contributed by atoms with Crippen molar-refractivity contribution in [2.45, 2.75) is 20.0 Å². The maximum atomic E-state index is 12.1. The number of benzene rings is 1. The highest BCUT2D eigenvalue weighted by Crippen LogP contribution is 2.16. The molecule has 0 bridgehead atoms. The number of hydrogen-bond donors (Lipinski definition) is 2. The Morgan fingerprint density at radius 2 is 1.96 bits per heavy atom. The van der Waals surface area contributed by atoms with Crippen molar-refractivity contribution >= 4 is 42.1 Å². The number of rotatable bonds is 8. The molecule has 0 unspecified atom stereocenters. The van der Waals surface area contributed by atoms with Crippen LogP contribution in [0.2, 0.25) is 0 Å². The largest absolute Gasteiger partial charge is 0.486 e. The van der Waals surface area contributed by atoms with Crippen molar-refractivity contribution in [2.75, 3.05) is 39.3 Å². The van der Waals surface area contributed by atoms with Crippen LogP contribution in [0.15, 0.2) is 29.6 Å². The Bertz CT molecular complexity index is 706. The molecule has 3 rings (SSSR count). The zero-order valence-electron chi connectivity index (χ0n) is 16.0. The quantitative estimate of drug-likeness (QED) is 0.651. The van der Waals surface area contributed by atoms with Gasteiger partial charge in [-0.25, -0.2) is 4.98 Å². The van der Waals surface area contributed by atoms with Gasteiger partial charge in [0.05, 0.1) is 12.1 Å². The van der Waals surface area contributed by atoms with Gasteiger partial charge >= 0.3 is 0 Å². The Morgan fingerprint density at radius 1 is 1.25 bits per heavy atom. The lowest BCUT2D eigenvalue weighted by atomic mass is 10.2. The molecule has 0 radical (unpaired) electrons. The van der Waals surface area contributed by atoms with Gasteiger partial charge in [0.1, 0.15) is 17.4 Å². The molecular formula is C19H28Cl2N4O2S. The van der Waals surface area contributed by atoms with Crippen LogP contribution in [0.3, 0.4) is 0 Å². The SMILES string of the molecule is Cc1ccc(OCc2nc(CC(=O)NCCN3CCNCC3)cs2)cc1.Cl.Cl. The molecule has 1 saturated heterocycles. The van der Waals surface area contributed by atoms with E-state index in [-0.39, 0.29) is 30.7 Å². The lowest BCUT2D eigenvalue weighted by Crippen LogP contribution is -2.46. The molecule has 1 aromatic carbocycles. The second kappa shape index (κ2) is 13.0. The summed E-state index contributed by atoms with van der Waals surface area (Å²) in [5.74, 6) is 0.856. The third-order valence-electron chi connectivity index (χ3n) is 4.28. The van der Waals surface area contributed by atoms with Gasteiger partial charge in [-0.2, -0.15) is 0 Å². The fraction of sp³-hybridized carbons (Fsp3) is 0.474. The van der Waals surface area contributed by atoms with Crippen LogP contribution in [0.5, 0.6) is 5.75 Å². The van der Waals surface area contributed by atoms with Gasteiger partial charge in [-0.15, -0.1) is 36.2 Å². The fourth-order valence-electron chi connectivity index (χ4n) is 2.79. The number of thiazole rings is 1. The Labute approximate surface area is 182 Å². The summed E-state index contributed by atoms with van der Waals surface area (Å²) in [6.45, 7) is 8.22. The lowest BCUT2D eigenvalue weighted by Gasteiger charge is -2.27. The predicted molar refractivity (Wildman–Crippen MR) is 118 cm³/mol. The first kappa shape index (κ1) is 24.7. The summed E-state index contributed by atoms with van der Waals surface area (Å²) in [6, 6.07) is 7.95. The zero-order valence-corrected chi connectivity index (χ0v) is 18.4. The summed E-state index contributed by atoms with van der Waals surface area (Å²) in [5.41, 5.74) is 2.01. The van der Waals surface area contributed by atoms with Crippen LogP contribution in [0.25, 0.3) is 0 Å². The zero-order chi connectivity index (χ0) is 18.2. The van der Waals surface area contributed by atoms with Crippen molar-refractivity contribution in [3.63, 3.8) is 0 Å². The molecule has 1 aliphatic heterocycles. The van der Waals surface area contributed by atoms with Gasteiger partial charge in [-0.1, -0.05) is 17.7 Å². The predicted octanol–water partition coefficient (Wildman–Crippen LogP) is 2.44. The van der Waals surface area contributed by atoms with Crippen LogP contribution in [-0.2, 0) is 17.8 Å². The van der Waals surface area contributed by atoms with Gasteiger partial charge in [-0.05, 0) is 19.1 Å². The lowest BCUT2D eigenvalue weighted by molar-refractivity contribution is -0.120. The van der Waals surface area contributed by atoms with Gasteiger partial charge in [0.2, 0.25) is 5.91 Å². The Kier molecular flexibility index (Phi) is 11.4. The Hall–Kier alpha value is -1.38. The van der Waals surface area contributed by atoms with E-state index in [1.165, 1.54) is 16.9 Å². The highest BCUT2D eigenvalue weighted by molar-refractivity contribution is 7.09. The molecule has 28 heavy (non-hydrogen) atoms. The van der Waals surface area contributed by atoms with Gasteiger partial charge in [0.25, 0.3) is 0 Å². The van der Waals surface area contributed by atoms with Crippen molar-refractivity contribution < 1.29 is 9.53 Å². The smallest absolute Gasteiger partial charge is 0.226 e. The summed E-state index contributed by atoms with van der Waals surface area (Å²) < 4.78 is 5.73. The summed E-state index contributed by atoms with van der Waals surface area (Å²) >= 11 is 1.53. The van der Waals surface area contributed by atoms with E-state index in [1.807, 2.05) is 36.6 Å². The Balaban J connectivity index is 0.00000196. The first-order chi connectivity index (χ1) is 12.7. The molecule has 2 heterocycles. The van der Waals surface area contributed by atoms with E-state index in [0.717, 1.165) is 49.2 Å². The van der Waals surface area contributed by atoms with E-state index in [9.17, 15) is 4.79 Å². The van der Waals surface area contributed by atoms with Gasteiger partial charge in [0.15, 0.2) is 0 Å². The molecule has 156 valence electrons. The minimum atomic E-state index is 0. The van der Waals surface area contributed by atoms with E-state index in [1.54, 1.807) is 0 Å². The summed E-state index contributed by atoms with van der Waals surface area (Å²) in [4.78, 5) is 18.9. The average Bonchev–Trinajstić information content (AvgIpc) is 3.09. The maximum absolute atomic E-state index is 12.1. The molecule has 1 fully saturated rings. The number of hydrogen-bond acceptors (Lipinski definition) is 6. The van der Waals surface area contributed by atoms with Gasteiger partial charge in [-0.3, -0.25) is 9.69 Å². The number of piperazine rings is 1. The van der Waals surface area contributed by atoms with E-state index in [4.69, 9.17) is 4.74 Å². The molecule has 6 nitrogen and oxygen atoms in total. The first-order valence-corrected chi connectivity index (χ1v) is 9.89. The van der Waals surface area contributed by atoms with E-state index in [2.05, 4.69) is 20.5 Å². The van der Waals surface area contributed by atoms with E-state index in [0.29, 0.717) is 19.6 Å². The van der Waals surface area contributed by atoms with E-state index >= 15 is 0 Å². The number of ether oxygens (including phenoxy) is 1. The molecule has 1 aliphatic rings. The average molecular weight is 447 g/mol. The summed E-state index contributed by atoms with van der Waals surface area (Å²) in [6.07, 6.45) is 0.322. The number of halogens is 2. The third kappa shape index (κ3) is 8.32.